The number of pyridine rings is 1. The first-order chi connectivity index (χ1) is 13.2. The second-order valence-electron chi connectivity index (χ2n) is 6.78. The number of aromatic nitrogens is 3. The second kappa shape index (κ2) is 7.77. The van der Waals surface area contributed by atoms with E-state index in [9.17, 15) is 4.79 Å². The molecule has 2 aromatic rings. The van der Waals surface area contributed by atoms with E-state index in [-0.39, 0.29) is 12.0 Å². The molecule has 0 aliphatic carbocycles. The van der Waals surface area contributed by atoms with E-state index in [1.54, 1.807) is 36.7 Å². The van der Waals surface area contributed by atoms with E-state index in [0.29, 0.717) is 30.4 Å². The Hall–Kier alpha value is -2.90. The Morgan fingerprint density at radius 2 is 1.96 bits per heavy atom. The average Bonchev–Trinajstić information content (AvgIpc) is 3.40. The molecule has 8 heteroatoms. The molecule has 1 unspecified atom stereocenters. The molecule has 2 aliphatic rings. The van der Waals surface area contributed by atoms with Gasteiger partial charge in [-0.3, -0.25) is 4.79 Å². The molecule has 2 saturated heterocycles. The molecule has 1 atom stereocenters. The highest BCUT2D eigenvalue weighted by atomic mass is 16.5. The van der Waals surface area contributed by atoms with Gasteiger partial charge in [-0.2, -0.15) is 0 Å². The highest BCUT2D eigenvalue weighted by Gasteiger charge is 2.29. The summed E-state index contributed by atoms with van der Waals surface area (Å²) in [7, 11) is 1.55. The standard InChI is InChI=1S/C19H23N5O3/c1-26-17-5-4-14(11-20-17)19(25)24-9-6-15(12-24)27-18-10-16(21-13-22-18)23-7-2-3-8-23/h4-5,10-11,13,15H,2-3,6-9,12H2,1H3. The molecule has 0 saturated carbocycles. The minimum Gasteiger partial charge on any atom is -0.481 e. The van der Waals surface area contributed by atoms with Crippen molar-refractivity contribution in [3.05, 3.63) is 36.3 Å². The van der Waals surface area contributed by atoms with Crippen molar-refractivity contribution in [3.8, 4) is 11.8 Å². The fraction of sp³-hybridized carbons (Fsp3) is 0.474. The van der Waals surface area contributed by atoms with Crippen molar-refractivity contribution in [2.45, 2.75) is 25.4 Å². The van der Waals surface area contributed by atoms with Gasteiger partial charge in [-0.1, -0.05) is 0 Å². The summed E-state index contributed by atoms with van der Waals surface area (Å²) in [6.45, 7) is 3.24. The fourth-order valence-corrected chi connectivity index (χ4v) is 3.50. The molecular formula is C19H23N5O3. The third-order valence-corrected chi connectivity index (χ3v) is 4.97. The third-order valence-electron chi connectivity index (χ3n) is 4.97. The number of hydrogen-bond donors (Lipinski definition) is 0. The van der Waals surface area contributed by atoms with Crippen molar-refractivity contribution in [2.24, 2.45) is 0 Å². The van der Waals surface area contributed by atoms with E-state index in [0.717, 1.165) is 25.3 Å². The first kappa shape index (κ1) is 17.5. The number of methoxy groups -OCH3 is 1. The monoisotopic (exact) mass is 369 g/mol. The number of carbonyl (C=O) groups excluding carboxylic acids is 1. The van der Waals surface area contributed by atoms with Crippen LogP contribution in [0.15, 0.2) is 30.7 Å². The molecule has 27 heavy (non-hydrogen) atoms. The molecule has 0 N–H and O–H groups in total. The molecule has 4 rings (SSSR count). The molecule has 142 valence electrons. The number of hydrogen-bond acceptors (Lipinski definition) is 7. The minimum absolute atomic E-state index is 0.0447. The van der Waals surface area contributed by atoms with Gasteiger partial charge in [-0.05, 0) is 18.9 Å². The Kier molecular flexibility index (Phi) is 5.04. The Morgan fingerprint density at radius 3 is 2.70 bits per heavy atom. The number of carbonyl (C=O) groups is 1. The zero-order valence-corrected chi connectivity index (χ0v) is 15.4. The van der Waals surface area contributed by atoms with Crippen LogP contribution in [0.25, 0.3) is 0 Å². The predicted molar refractivity (Wildman–Crippen MR) is 99.2 cm³/mol. The molecule has 2 aromatic heterocycles. The van der Waals surface area contributed by atoms with Gasteiger partial charge in [0.05, 0.1) is 19.2 Å². The maximum atomic E-state index is 12.6. The summed E-state index contributed by atoms with van der Waals surface area (Å²) < 4.78 is 11.1. The van der Waals surface area contributed by atoms with Gasteiger partial charge >= 0.3 is 0 Å². The molecule has 0 radical (unpaired) electrons. The van der Waals surface area contributed by atoms with Crippen LogP contribution in [-0.4, -0.2) is 65.2 Å². The fourth-order valence-electron chi connectivity index (χ4n) is 3.50. The van der Waals surface area contributed by atoms with Gasteiger partial charge in [0.1, 0.15) is 18.2 Å². The lowest BCUT2D eigenvalue weighted by atomic mass is 10.2. The van der Waals surface area contributed by atoms with Gasteiger partial charge in [0.25, 0.3) is 5.91 Å². The van der Waals surface area contributed by atoms with Gasteiger partial charge in [-0.15, -0.1) is 0 Å². The average molecular weight is 369 g/mol. The van der Waals surface area contributed by atoms with Crippen molar-refractivity contribution in [2.75, 3.05) is 38.2 Å². The Labute approximate surface area is 158 Å². The van der Waals surface area contributed by atoms with E-state index in [1.165, 1.54) is 12.8 Å². The molecule has 4 heterocycles. The lowest BCUT2D eigenvalue weighted by Gasteiger charge is -2.19. The van der Waals surface area contributed by atoms with Crippen molar-refractivity contribution < 1.29 is 14.3 Å². The topological polar surface area (TPSA) is 80.7 Å². The van der Waals surface area contributed by atoms with Crippen molar-refractivity contribution in [1.82, 2.24) is 19.9 Å². The van der Waals surface area contributed by atoms with E-state index >= 15 is 0 Å². The van der Waals surface area contributed by atoms with Gasteiger partial charge in [0, 0.05) is 44.4 Å². The zero-order valence-electron chi connectivity index (χ0n) is 15.4. The quantitative estimate of drug-likeness (QED) is 0.794. The predicted octanol–water partition coefficient (Wildman–Crippen LogP) is 1.77. The van der Waals surface area contributed by atoms with Crippen LogP contribution in [-0.2, 0) is 0 Å². The normalized spacial score (nSPS) is 19.4. The number of ether oxygens (including phenoxy) is 2. The van der Waals surface area contributed by atoms with Crippen LogP contribution < -0.4 is 14.4 Å². The van der Waals surface area contributed by atoms with Gasteiger partial charge in [0.2, 0.25) is 11.8 Å². The summed E-state index contributed by atoms with van der Waals surface area (Å²) in [6.07, 6.45) is 6.19. The van der Waals surface area contributed by atoms with Crippen molar-refractivity contribution >= 4 is 11.7 Å². The van der Waals surface area contributed by atoms with Crippen LogP contribution in [0.1, 0.15) is 29.6 Å². The molecule has 0 spiro atoms. The summed E-state index contributed by atoms with van der Waals surface area (Å²) in [4.78, 5) is 29.3. The minimum atomic E-state index is -0.0681. The van der Waals surface area contributed by atoms with E-state index in [1.807, 2.05) is 6.07 Å². The van der Waals surface area contributed by atoms with Crippen LogP contribution in [0.4, 0.5) is 5.82 Å². The van der Waals surface area contributed by atoms with Crippen LogP contribution in [0.5, 0.6) is 11.8 Å². The van der Waals surface area contributed by atoms with Gasteiger partial charge in [0.15, 0.2) is 0 Å². The first-order valence-corrected chi connectivity index (χ1v) is 9.26. The van der Waals surface area contributed by atoms with E-state index < -0.39 is 0 Å². The summed E-state index contributed by atoms with van der Waals surface area (Å²) in [6, 6.07) is 5.32. The zero-order chi connectivity index (χ0) is 18.6. The van der Waals surface area contributed by atoms with Crippen LogP contribution in [0.3, 0.4) is 0 Å². The van der Waals surface area contributed by atoms with Crippen LogP contribution >= 0.6 is 0 Å². The molecular weight excluding hydrogens is 346 g/mol. The number of likely N-dealkylation sites (tertiary alicyclic amines) is 1. The Bertz CT molecular complexity index is 792. The van der Waals surface area contributed by atoms with Gasteiger partial charge < -0.3 is 19.3 Å². The van der Waals surface area contributed by atoms with Gasteiger partial charge in [-0.25, -0.2) is 15.0 Å². The number of anilines is 1. The van der Waals surface area contributed by atoms with E-state index in [2.05, 4.69) is 19.9 Å². The summed E-state index contributed by atoms with van der Waals surface area (Å²) in [5.41, 5.74) is 0.551. The Balaban J connectivity index is 1.36. The molecule has 0 bridgehead atoms. The SMILES string of the molecule is COc1ccc(C(=O)N2CCC(Oc3cc(N4CCCC4)ncn3)C2)cn1. The molecule has 2 fully saturated rings. The molecule has 8 nitrogen and oxygen atoms in total. The molecule has 0 aromatic carbocycles. The summed E-state index contributed by atoms with van der Waals surface area (Å²) in [5, 5.41) is 0. The summed E-state index contributed by atoms with van der Waals surface area (Å²) >= 11 is 0. The lowest BCUT2D eigenvalue weighted by Crippen LogP contribution is -2.31. The highest BCUT2D eigenvalue weighted by molar-refractivity contribution is 5.94. The molecule has 1 amide bonds. The lowest BCUT2D eigenvalue weighted by molar-refractivity contribution is 0.0770. The molecule has 2 aliphatic heterocycles. The van der Waals surface area contributed by atoms with Crippen molar-refractivity contribution in [3.63, 3.8) is 0 Å². The first-order valence-electron chi connectivity index (χ1n) is 9.26. The third kappa shape index (κ3) is 3.94. The Morgan fingerprint density at radius 1 is 1.11 bits per heavy atom. The van der Waals surface area contributed by atoms with Crippen molar-refractivity contribution in [1.29, 1.82) is 0 Å². The summed E-state index contributed by atoms with van der Waals surface area (Å²) in [5.74, 6) is 1.92. The largest absolute Gasteiger partial charge is 0.481 e. The van der Waals surface area contributed by atoms with E-state index in [4.69, 9.17) is 9.47 Å². The smallest absolute Gasteiger partial charge is 0.255 e. The second-order valence-corrected chi connectivity index (χ2v) is 6.78. The van der Waals surface area contributed by atoms with Crippen LogP contribution in [0, 0.1) is 0 Å². The number of rotatable bonds is 5. The number of nitrogens with zero attached hydrogens (tertiary/aromatic N) is 5. The highest BCUT2D eigenvalue weighted by Crippen LogP contribution is 2.23. The maximum Gasteiger partial charge on any atom is 0.255 e. The maximum absolute atomic E-state index is 12.6. The van der Waals surface area contributed by atoms with Crippen LogP contribution in [0.2, 0.25) is 0 Å². The number of amides is 1.